The van der Waals surface area contributed by atoms with Gasteiger partial charge in [-0.2, -0.15) is 0 Å². The Balaban J connectivity index is 4.08. The molecular weight excluding hydrogens is 208 g/mol. The Morgan fingerprint density at radius 2 is 2.07 bits per heavy atom. The molecule has 82 valence electrons. The van der Waals surface area contributed by atoms with Crippen LogP contribution in [0.5, 0.6) is 0 Å². The minimum absolute atomic E-state index is 0.101. The number of amides is 1. The molecule has 1 atom stereocenters. The highest BCUT2D eigenvalue weighted by atomic mass is 35.5. The fraction of sp³-hybridized carbons (Fsp3) is 0.750. The quantitative estimate of drug-likeness (QED) is 0.426. The lowest BCUT2D eigenvalue weighted by Gasteiger charge is -2.21. The number of rotatable bonds is 2. The molecule has 0 bridgehead atoms. The zero-order valence-electron chi connectivity index (χ0n) is 8.67. The van der Waals surface area contributed by atoms with E-state index in [0.717, 1.165) is 0 Å². The molecule has 0 heterocycles. The molecule has 0 aromatic carbocycles. The molecule has 0 aliphatic rings. The predicted molar refractivity (Wildman–Crippen MR) is 53.9 cm³/mol. The molecule has 0 aliphatic carbocycles. The topological polar surface area (TPSA) is 70.9 Å². The van der Waals surface area contributed by atoms with E-state index >= 15 is 0 Å². The Morgan fingerprint density at radius 1 is 1.57 bits per heavy atom. The number of alkyl carbamates (subject to hydrolysis) is 1. The molecule has 2 N–H and O–H groups in total. The maximum atomic E-state index is 11.2. The van der Waals surface area contributed by atoms with Gasteiger partial charge >= 0.3 is 6.09 Å². The summed E-state index contributed by atoms with van der Waals surface area (Å²) in [7, 11) is 0. The molecule has 0 radical (unpaired) electrons. The summed E-state index contributed by atoms with van der Waals surface area (Å²) in [6, 6.07) is -0.573. The van der Waals surface area contributed by atoms with E-state index in [-0.39, 0.29) is 5.17 Å². The average Bonchev–Trinajstić information content (AvgIpc) is 1.99. The predicted octanol–water partition coefficient (Wildman–Crippen LogP) is 1.93. The van der Waals surface area contributed by atoms with Crippen molar-refractivity contribution in [3.63, 3.8) is 0 Å². The van der Waals surface area contributed by atoms with Crippen LogP contribution in [0.1, 0.15) is 27.7 Å². The highest BCUT2D eigenvalue weighted by molar-refractivity contribution is 6.66. The number of hydrogen-bond acceptors (Lipinski definition) is 4. The molecular formula is C8H15ClN2O3. The molecule has 0 saturated heterocycles. The summed E-state index contributed by atoms with van der Waals surface area (Å²) in [5, 5.41) is 13.4. The smallest absolute Gasteiger partial charge is 0.408 e. The number of oxime groups is 1. The molecule has 1 amide bonds. The number of nitrogens with zero attached hydrogens (tertiary/aromatic N) is 1. The second-order valence-electron chi connectivity index (χ2n) is 3.79. The van der Waals surface area contributed by atoms with Crippen LogP contribution in [-0.2, 0) is 4.74 Å². The van der Waals surface area contributed by atoms with Crippen LogP contribution in [0.2, 0.25) is 0 Å². The fourth-order valence-electron chi connectivity index (χ4n) is 0.630. The van der Waals surface area contributed by atoms with Gasteiger partial charge in [-0.3, -0.25) is 0 Å². The van der Waals surface area contributed by atoms with Gasteiger partial charge in [0.1, 0.15) is 5.60 Å². The molecule has 0 rings (SSSR count). The normalized spacial score (nSPS) is 14.8. The third-order valence-electron chi connectivity index (χ3n) is 1.19. The molecule has 0 aromatic heterocycles. The lowest BCUT2D eigenvalue weighted by molar-refractivity contribution is 0.0521. The third kappa shape index (κ3) is 5.64. The van der Waals surface area contributed by atoms with Gasteiger partial charge in [-0.05, 0) is 27.7 Å². The van der Waals surface area contributed by atoms with E-state index in [1.807, 2.05) is 0 Å². The minimum atomic E-state index is -0.605. The van der Waals surface area contributed by atoms with Crippen molar-refractivity contribution in [2.45, 2.75) is 39.3 Å². The third-order valence-corrected chi connectivity index (χ3v) is 1.59. The zero-order valence-corrected chi connectivity index (χ0v) is 9.42. The first-order valence-corrected chi connectivity index (χ1v) is 4.51. The summed E-state index contributed by atoms with van der Waals surface area (Å²) in [6.45, 7) is 6.82. The Bertz CT molecular complexity index is 235. The number of ether oxygens (including phenoxy) is 1. The largest absolute Gasteiger partial charge is 0.444 e. The number of carbonyl (C=O) groups is 1. The second-order valence-corrected chi connectivity index (χ2v) is 4.18. The number of halogens is 1. The molecule has 0 saturated carbocycles. The van der Waals surface area contributed by atoms with Gasteiger partial charge in [0.15, 0.2) is 5.17 Å². The zero-order chi connectivity index (χ0) is 11.4. The lowest BCUT2D eigenvalue weighted by Crippen LogP contribution is -2.40. The standard InChI is InChI=1S/C8H15ClN2O3/c1-5(6(9)11-13)10-7(12)14-8(2,3)4/h5,13H,1-4H3,(H,10,12)/b11-6+/t5-/m1/s1. The van der Waals surface area contributed by atoms with E-state index < -0.39 is 17.7 Å². The maximum Gasteiger partial charge on any atom is 0.408 e. The Hall–Kier alpha value is -0.970. The van der Waals surface area contributed by atoms with Crippen molar-refractivity contribution in [1.82, 2.24) is 5.32 Å². The summed E-state index contributed by atoms with van der Waals surface area (Å²) < 4.78 is 4.96. The summed E-state index contributed by atoms with van der Waals surface area (Å²) in [5.74, 6) is 0. The van der Waals surface area contributed by atoms with E-state index in [1.165, 1.54) is 0 Å². The molecule has 0 aliphatic heterocycles. The summed E-state index contributed by atoms with van der Waals surface area (Å²) in [5.41, 5.74) is -0.563. The van der Waals surface area contributed by atoms with Gasteiger partial charge in [-0.15, -0.1) is 0 Å². The Kier molecular flexibility index (Phi) is 4.70. The summed E-state index contributed by atoms with van der Waals surface area (Å²) >= 11 is 5.46. The highest BCUT2D eigenvalue weighted by Gasteiger charge is 2.19. The van der Waals surface area contributed by atoms with Gasteiger partial charge in [0.05, 0.1) is 6.04 Å². The number of hydrogen-bond donors (Lipinski definition) is 2. The van der Waals surface area contributed by atoms with Crippen LogP contribution in [0.15, 0.2) is 5.16 Å². The van der Waals surface area contributed by atoms with Crippen LogP contribution in [0.4, 0.5) is 4.79 Å². The fourth-order valence-corrected chi connectivity index (χ4v) is 0.685. The highest BCUT2D eigenvalue weighted by Crippen LogP contribution is 2.07. The van der Waals surface area contributed by atoms with Crippen molar-refractivity contribution in [3.8, 4) is 0 Å². The van der Waals surface area contributed by atoms with Gasteiger partial charge in [0.2, 0.25) is 0 Å². The summed E-state index contributed by atoms with van der Waals surface area (Å²) in [4.78, 5) is 11.2. The molecule has 0 unspecified atom stereocenters. The van der Waals surface area contributed by atoms with Gasteiger partial charge in [-0.1, -0.05) is 16.8 Å². The van der Waals surface area contributed by atoms with Crippen LogP contribution in [0.25, 0.3) is 0 Å². The van der Waals surface area contributed by atoms with E-state index in [0.29, 0.717) is 0 Å². The van der Waals surface area contributed by atoms with Gasteiger partial charge < -0.3 is 15.3 Å². The first kappa shape index (κ1) is 13.0. The van der Waals surface area contributed by atoms with Crippen LogP contribution in [-0.4, -0.2) is 28.1 Å². The Labute approximate surface area is 88.1 Å². The van der Waals surface area contributed by atoms with Gasteiger partial charge in [0, 0.05) is 0 Å². The van der Waals surface area contributed by atoms with Crippen molar-refractivity contribution in [1.29, 1.82) is 0 Å². The van der Waals surface area contributed by atoms with E-state index in [9.17, 15) is 4.79 Å². The maximum absolute atomic E-state index is 11.2. The molecule has 0 fully saturated rings. The second kappa shape index (κ2) is 5.05. The van der Waals surface area contributed by atoms with Crippen molar-refractivity contribution in [2.75, 3.05) is 0 Å². The van der Waals surface area contributed by atoms with Crippen LogP contribution in [0, 0.1) is 0 Å². The van der Waals surface area contributed by atoms with E-state index in [4.69, 9.17) is 21.5 Å². The van der Waals surface area contributed by atoms with Crippen molar-refractivity contribution >= 4 is 22.9 Å². The first-order valence-electron chi connectivity index (χ1n) is 4.13. The van der Waals surface area contributed by atoms with Gasteiger partial charge in [-0.25, -0.2) is 4.79 Å². The minimum Gasteiger partial charge on any atom is -0.444 e. The number of nitrogens with one attached hydrogen (secondary N) is 1. The van der Waals surface area contributed by atoms with Crippen LogP contribution < -0.4 is 5.32 Å². The van der Waals surface area contributed by atoms with Crippen LogP contribution in [0.3, 0.4) is 0 Å². The number of carbonyl (C=O) groups excluding carboxylic acids is 1. The Morgan fingerprint density at radius 3 is 2.43 bits per heavy atom. The SMILES string of the molecule is C[C@@H](NC(=O)OC(C)(C)C)/C(Cl)=N\O. The molecule has 0 spiro atoms. The average molecular weight is 223 g/mol. The molecule has 0 aromatic rings. The van der Waals surface area contributed by atoms with Crippen molar-refractivity contribution in [3.05, 3.63) is 0 Å². The van der Waals surface area contributed by atoms with E-state index in [1.54, 1.807) is 27.7 Å². The monoisotopic (exact) mass is 222 g/mol. The first-order chi connectivity index (χ1) is 6.26. The van der Waals surface area contributed by atoms with Crippen molar-refractivity contribution < 1.29 is 14.7 Å². The van der Waals surface area contributed by atoms with Crippen molar-refractivity contribution in [2.24, 2.45) is 5.16 Å². The molecule has 5 nitrogen and oxygen atoms in total. The van der Waals surface area contributed by atoms with E-state index in [2.05, 4.69) is 10.5 Å². The lowest BCUT2D eigenvalue weighted by atomic mass is 10.2. The summed E-state index contributed by atoms with van der Waals surface area (Å²) in [6.07, 6.45) is -0.605. The molecule has 14 heavy (non-hydrogen) atoms. The molecule has 6 heteroatoms. The van der Waals surface area contributed by atoms with Crippen LogP contribution >= 0.6 is 11.6 Å². The van der Waals surface area contributed by atoms with Gasteiger partial charge in [0.25, 0.3) is 0 Å².